The molecule has 0 aliphatic carbocycles. The maximum Gasteiger partial charge on any atom is 0.410 e. The Kier molecular flexibility index (Phi) is 3.19. The average Bonchev–Trinajstić information content (AvgIpc) is 2.33. The van der Waals surface area contributed by atoms with Crippen LogP contribution in [-0.2, 0) is 4.74 Å². The number of nitrogens with zero attached hydrogens (tertiary/aromatic N) is 1. The lowest BCUT2D eigenvalue weighted by Crippen LogP contribution is -2.40. The third kappa shape index (κ3) is 2.39. The Morgan fingerprint density at radius 3 is 2.75 bits per heavy atom. The molecule has 1 fully saturated rings. The van der Waals surface area contributed by atoms with Gasteiger partial charge in [-0.05, 0) is 6.42 Å². The fourth-order valence-corrected chi connectivity index (χ4v) is 1.63. The summed E-state index contributed by atoms with van der Waals surface area (Å²) in [7, 11) is 0. The van der Waals surface area contributed by atoms with Gasteiger partial charge in [0.1, 0.15) is 0 Å². The molecule has 0 N–H and O–H groups in total. The molecule has 1 heterocycles. The average molecular weight is 219 g/mol. The molecule has 1 amide bonds. The third-order valence-electron chi connectivity index (χ3n) is 2.49. The van der Waals surface area contributed by atoms with E-state index >= 15 is 0 Å². The first-order valence-electron chi connectivity index (χ1n) is 5.27. The predicted octanol–water partition coefficient (Wildman–Crippen LogP) is 1.71. The molecule has 0 saturated carbocycles. The van der Waals surface area contributed by atoms with E-state index < -0.39 is 6.09 Å². The smallest absolute Gasteiger partial charge is 0.410 e. The van der Waals surface area contributed by atoms with Crippen LogP contribution in [0.1, 0.15) is 16.8 Å². The first-order chi connectivity index (χ1) is 7.77. The highest BCUT2D eigenvalue weighted by Gasteiger charge is 2.22. The summed E-state index contributed by atoms with van der Waals surface area (Å²) in [6.07, 6.45) is 0.392. The van der Waals surface area contributed by atoms with Crippen LogP contribution in [-0.4, -0.2) is 36.5 Å². The Hall–Kier alpha value is -1.84. The molecule has 0 spiro atoms. The van der Waals surface area contributed by atoms with Crippen molar-refractivity contribution in [1.29, 1.82) is 0 Å². The molecular formula is C12H13NO3. The van der Waals surface area contributed by atoms with Gasteiger partial charge in [-0.25, -0.2) is 4.79 Å². The molecule has 1 saturated heterocycles. The summed E-state index contributed by atoms with van der Waals surface area (Å²) in [6, 6.07) is 8.96. The van der Waals surface area contributed by atoms with Gasteiger partial charge in [0.15, 0.2) is 5.78 Å². The van der Waals surface area contributed by atoms with Gasteiger partial charge >= 0.3 is 6.09 Å². The number of carbonyl (C=O) groups is 2. The molecule has 16 heavy (non-hydrogen) atoms. The van der Waals surface area contributed by atoms with Gasteiger partial charge in [0, 0.05) is 12.1 Å². The lowest BCUT2D eigenvalue weighted by Gasteiger charge is -2.25. The highest BCUT2D eigenvalue weighted by atomic mass is 16.6. The van der Waals surface area contributed by atoms with Crippen molar-refractivity contribution in [3.8, 4) is 0 Å². The van der Waals surface area contributed by atoms with Crippen LogP contribution in [0.2, 0.25) is 0 Å². The van der Waals surface area contributed by atoms with Crippen molar-refractivity contribution in [2.45, 2.75) is 6.42 Å². The van der Waals surface area contributed by atoms with E-state index in [0.29, 0.717) is 18.7 Å². The highest BCUT2D eigenvalue weighted by molar-refractivity contribution is 5.98. The molecule has 4 nitrogen and oxygen atoms in total. The van der Waals surface area contributed by atoms with Crippen molar-refractivity contribution in [3.63, 3.8) is 0 Å². The number of ether oxygens (including phenoxy) is 1. The quantitative estimate of drug-likeness (QED) is 0.727. The second-order valence-electron chi connectivity index (χ2n) is 3.68. The third-order valence-corrected chi connectivity index (χ3v) is 2.49. The lowest BCUT2D eigenvalue weighted by atomic mass is 10.1. The van der Waals surface area contributed by atoms with Gasteiger partial charge in [-0.2, -0.15) is 0 Å². The second-order valence-corrected chi connectivity index (χ2v) is 3.68. The van der Waals surface area contributed by atoms with Gasteiger partial charge in [0.25, 0.3) is 0 Å². The van der Waals surface area contributed by atoms with Gasteiger partial charge in [-0.3, -0.25) is 4.79 Å². The summed E-state index contributed by atoms with van der Waals surface area (Å²) in [4.78, 5) is 24.6. The Morgan fingerprint density at radius 2 is 2.06 bits per heavy atom. The summed E-state index contributed by atoms with van der Waals surface area (Å²) >= 11 is 0. The normalized spacial score (nSPS) is 15.8. The molecule has 0 unspecified atom stereocenters. The number of amides is 1. The van der Waals surface area contributed by atoms with Crippen molar-refractivity contribution in [3.05, 3.63) is 35.9 Å². The minimum Gasteiger partial charge on any atom is -0.449 e. The van der Waals surface area contributed by atoms with Crippen molar-refractivity contribution in [2.24, 2.45) is 0 Å². The molecule has 0 bridgehead atoms. The van der Waals surface area contributed by atoms with Crippen LogP contribution in [0.25, 0.3) is 0 Å². The van der Waals surface area contributed by atoms with E-state index in [-0.39, 0.29) is 12.3 Å². The first kappa shape index (κ1) is 10.7. The Morgan fingerprint density at radius 1 is 1.31 bits per heavy atom. The molecule has 1 aliphatic rings. The molecular weight excluding hydrogens is 206 g/mol. The van der Waals surface area contributed by atoms with E-state index in [1.54, 1.807) is 12.1 Å². The van der Waals surface area contributed by atoms with Crippen LogP contribution in [0, 0.1) is 0 Å². The predicted molar refractivity (Wildman–Crippen MR) is 58.3 cm³/mol. The maximum atomic E-state index is 11.8. The number of ketones is 1. The van der Waals surface area contributed by atoms with E-state index in [1.807, 2.05) is 18.2 Å². The number of carbonyl (C=O) groups excluding carboxylic acids is 2. The number of rotatable bonds is 3. The van der Waals surface area contributed by atoms with Gasteiger partial charge in [0.2, 0.25) is 0 Å². The second kappa shape index (κ2) is 4.79. The molecule has 0 radical (unpaired) electrons. The minimum absolute atomic E-state index is 0.0561. The number of hydrogen-bond acceptors (Lipinski definition) is 3. The van der Waals surface area contributed by atoms with Gasteiger partial charge in [-0.1, -0.05) is 30.3 Å². The zero-order chi connectivity index (χ0) is 11.4. The van der Waals surface area contributed by atoms with E-state index in [0.717, 1.165) is 6.42 Å². The Balaban J connectivity index is 1.99. The first-order valence-corrected chi connectivity index (χ1v) is 5.27. The number of Topliss-reactive ketones (excluding diaryl/α,β-unsaturated/α-hetero) is 1. The van der Waals surface area contributed by atoms with Crippen LogP contribution in [0.5, 0.6) is 0 Å². The zero-order valence-electron chi connectivity index (χ0n) is 8.89. The maximum absolute atomic E-state index is 11.8. The van der Waals surface area contributed by atoms with E-state index in [1.165, 1.54) is 4.90 Å². The summed E-state index contributed by atoms with van der Waals surface area (Å²) in [5, 5.41) is 0. The lowest BCUT2D eigenvalue weighted by molar-refractivity contribution is 0.0655. The van der Waals surface area contributed by atoms with Crippen molar-refractivity contribution >= 4 is 11.9 Å². The monoisotopic (exact) mass is 219 g/mol. The van der Waals surface area contributed by atoms with Gasteiger partial charge in [0.05, 0.1) is 13.2 Å². The van der Waals surface area contributed by atoms with E-state index in [4.69, 9.17) is 4.74 Å². The largest absolute Gasteiger partial charge is 0.449 e. The summed E-state index contributed by atoms with van der Waals surface area (Å²) in [6.45, 7) is 1.15. The summed E-state index contributed by atoms with van der Waals surface area (Å²) in [5.74, 6) is -0.0561. The minimum atomic E-state index is -0.393. The van der Waals surface area contributed by atoms with Gasteiger partial charge < -0.3 is 9.64 Å². The zero-order valence-corrected chi connectivity index (χ0v) is 8.89. The Bertz CT molecular complexity index is 389. The molecule has 0 aromatic heterocycles. The molecule has 1 aromatic rings. The van der Waals surface area contributed by atoms with Crippen LogP contribution in [0.4, 0.5) is 4.79 Å². The van der Waals surface area contributed by atoms with Crippen molar-refractivity contribution in [2.75, 3.05) is 19.7 Å². The number of benzene rings is 1. The van der Waals surface area contributed by atoms with E-state index in [2.05, 4.69) is 0 Å². The van der Waals surface area contributed by atoms with Crippen molar-refractivity contribution < 1.29 is 14.3 Å². The number of hydrogen-bond donors (Lipinski definition) is 0. The fraction of sp³-hybridized carbons (Fsp3) is 0.333. The molecule has 4 heteroatoms. The Labute approximate surface area is 93.8 Å². The van der Waals surface area contributed by atoms with Crippen LogP contribution in [0.15, 0.2) is 30.3 Å². The van der Waals surface area contributed by atoms with Crippen LogP contribution >= 0.6 is 0 Å². The molecule has 84 valence electrons. The standard InChI is InChI=1S/C12H13NO3/c14-11(10-5-2-1-3-6-10)9-13-7-4-8-16-12(13)15/h1-3,5-6H,4,7-9H2. The fourth-order valence-electron chi connectivity index (χ4n) is 1.63. The topological polar surface area (TPSA) is 46.6 Å². The molecule has 1 aromatic carbocycles. The number of cyclic esters (lactones) is 1. The van der Waals surface area contributed by atoms with Crippen LogP contribution in [0.3, 0.4) is 0 Å². The summed E-state index contributed by atoms with van der Waals surface area (Å²) in [5.41, 5.74) is 0.626. The summed E-state index contributed by atoms with van der Waals surface area (Å²) < 4.78 is 4.86. The highest BCUT2D eigenvalue weighted by Crippen LogP contribution is 2.07. The van der Waals surface area contributed by atoms with E-state index in [9.17, 15) is 9.59 Å². The van der Waals surface area contributed by atoms with Crippen molar-refractivity contribution in [1.82, 2.24) is 4.90 Å². The van der Waals surface area contributed by atoms with Crippen LogP contribution < -0.4 is 0 Å². The van der Waals surface area contributed by atoms with Gasteiger partial charge in [-0.15, -0.1) is 0 Å². The SMILES string of the molecule is O=C(CN1CCCOC1=O)c1ccccc1. The molecule has 2 rings (SSSR count). The molecule has 1 aliphatic heterocycles. The molecule has 0 atom stereocenters.